The van der Waals surface area contributed by atoms with E-state index in [1.807, 2.05) is 6.92 Å². The quantitative estimate of drug-likeness (QED) is 0.208. The number of benzene rings is 3. The van der Waals surface area contributed by atoms with Crippen LogP contribution in [0.25, 0.3) is 0 Å². The van der Waals surface area contributed by atoms with E-state index in [0.717, 1.165) is 29.3 Å². The van der Waals surface area contributed by atoms with E-state index in [9.17, 15) is 18.0 Å². The summed E-state index contributed by atoms with van der Waals surface area (Å²) in [5.41, 5.74) is 4.31. The second-order valence-corrected chi connectivity index (χ2v) is 12.5. The highest BCUT2D eigenvalue weighted by atomic mass is 79.9. The number of rotatable bonds is 13. The molecule has 1 heterocycles. The Balaban J connectivity index is 1.35. The van der Waals surface area contributed by atoms with Crippen molar-refractivity contribution in [3.05, 3.63) is 82.3 Å². The molecule has 0 spiro atoms. The molecule has 4 rings (SSSR count). The first-order chi connectivity index (χ1) is 20.7. The zero-order chi connectivity index (χ0) is 30.8. The molecule has 3 aromatic carbocycles. The summed E-state index contributed by atoms with van der Waals surface area (Å²) < 4.78 is 45.0. The van der Waals surface area contributed by atoms with E-state index in [0.29, 0.717) is 33.8 Å². The third kappa shape index (κ3) is 9.02. The van der Waals surface area contributed by atoms with Gasteiger partial charge in [0.1, 0.15) is 18.0 Å². The molecule has 13 heteroatoms. The molecule has 0 bridgehead atoms. The Morgan fingerprint density at radius 1 is 1.09 bits per heavy atom. The second kappa shape index (κ2) is 15.0. The van der Waals surface area contributed by atoms with Crippen molar-refractivity contribution in [2.45, 2.75) is 30.8 Å². The molecular formula is C30H33BrN4O7S. The Kier molecular flexibility index (Phi) is 11.1. The van der Waals surface area contributed by atoms with Gasteiger partial charge >= 0.3 is 0 Å². The topological polar surface area (TPSA) is 136 Å². The van der Waals surface area contributed by atoms with Gasteiger partial charge in [0.05, 0.1) is 34.5 Å². The summed E-state index contributed by atoms with van der Waals surface area (Å²) in [5.74, 6) is 0.104. The predicted octanol–water partition coefficient (Wildman–Crippen LogP) is 3.79. The number of halogens is 1. The van der Waals surface area contributed by atoms with Crippen LogP contribution in [0.15, 0.2) is 81.2 Å². The van der Waals surface area contributed by atoms with Gasteiger partial charge in [0, 0.05) is 13.2 Å². The van der Waals surface area contributed by atoms with Crippen LogP contribution in [0.5, 0.6) is 11.5 Å². The number of carbonyl (C=O) groups is 2. The molecule has 1 saturated heterocycles. The van der Waals surface area contributed by atoms with Crippen LogP contribution < -0.4 is 24.5 Å². The number of hydrogen-bond acceptors (Lipinski definition) is 8. The molecule has 0 aliphatic carbocycles. The fourth-order valence-electron chi connectivity index (χ4n) is 4.19. The van der Waals surface area contributed by atoms with E-state index in [1.54, 1.807) is 48.5 Å². The van der Waals surface area contributed by atoms with E-state index in [-0.39, 0.29) is 23.5 Å². The number of hydrogen-bond donors (Lipinski definition) is 2. The van der Waals surface area contributed by atoms with Crippen molar-refractivity contribution in [3.8, 4) is 11.5 Å². The van der Waals surface area contributed by atoms with Crippen molar-refractivity contribution in [1.82, 2.24) is 10.7 Å². The molecule has 0 aromatic heterocycles. The number of nitrogens with zero attached hydrogens (tertiary/aromatic N) is 2. The van der Waals surface area contributed by atoms with Crippen LogP contribution >= 0.6 is 15.9 Å². The molecule has 0 saturated carbocycles. The molecule has 1 aliphatic rings. The molecule has 43 heavy (non-hydrogen) atoms. The molecule has 0 radical (unpaired) electrons. The van der Waals surface area contributed by atoms with E-state index < -0.39 is 22.5 Å². The van der Waals surface area contributed by atoms with Gasteiger partial charge in [-0.25, -0.2) is 13.8 Å². The highest BCUT2D eigenvalue weighted by Gasteiger charge is 2.28. The van der Waals surface area contributed by atoms with E-state index in [1.165, 1.54) is 31.5 Å². The number of ether oxygens (including phenoxy) is 3. The van der Waals surface area contributed by atoms with Gasteiger partial charge in [0.2, 0.25) is 0 Å². The maximum absolute atomic E-state index is 13.6. The molecule has 2 N–H and O–H groups in total. The average molecular weight is 674 g/mol. The highest BCUT2D eigenvalue weighted by Crippen LogP contribution is 2.30. The standard InChI is InChI=1S/C30H33BrN4O7S/c1-21-5-9-23(10-6-21)35(43(38,39)26-13-14-28(40-2)27(31)16-26)19-29(36)34-33-17-22-7-11-24(12-8-22)42-20-30(37)32-18-25-4-3-15-41-25/h5-14,16-17,25H,3-4,15,18-20H2,1-2H3,(H,32,37)(H,34,36)/b33-17-/t25-/m0/s1. The Morgan fingerprint density at radius 2 is 1.84 bits per heavy atom. The largest absolute Gasteiger partial charge is 0.496 e. The zero-order valence-electron chi connectivity index (χ0n) is 23.8. The lowest BCUT2D eigenvalue weighted by atomic mass is 10.2. The van der Waals surface area contributed by atoms with Crippen LogP contribution in [0.2, 0.25) is 0 Å². The van der Waals surface area contributed by atoms with Gasteiger partial charge in [-0.3, -0.25) is 13.9 Å². The third-order valence-corrected chi connectivity index (χ3v) is 8.91. The molecule has 2 amide bonds. The summed E-state index contributed by atoms with van der Waals surface area (Å²) in [4.78, 5) is 24.8. The number of sulfonamides is 1. The van der Waals surface area contributed by atoms with Crippen molar-refractivity contribution in [2.24, 2.45) is 5.10 Å². The number of nitrogens with one attached hydrogen (secondary N) is 2. The maximum Gasteiger partial charge on any atom is 0.264 e. The first-order valence-corrected chi connectivity index (χ1v) is 15.7. The smallest absolute Gasteiger partial charge is 0.264 e. The van der Waals surface area contributed by atoms with Gasteiger partial charge in [-0.1, -0.05) is 17.7 Å². The maximum atomic E-state index is 13.6. The van der Waals surface area contributed by atoms with Crippen LogP contribution in [-0.4, -0.2) is 66.0 Å². The zero-order valence-corrected chi connectivity index (χ0v) is 26.2. The average Bonchev–Trinajstić information content (AvgIpc) is 3.53. The lowest BCUT2D eigenvalue weighted by molar-refractivity contribution is -0.123. The predicted molar refractivity (Wildman–Crippen MR) is 166 cm³/mol. The van der Waals surface area contributed by atoms with Gasteiger partial charge in [-0.2, -0.15) is 5.10 Å². The van der Waals surface area contributed by atoms with Crippen molar-refractivity contribution in [1.29, 1.82) is 0 Å². The SMILES string of the molecule is COc1ccc(S(=O)(=O)N(CC(=O)N/N=C\c2ccc(OCC(=O)NC[C@@H]3CCCO3)cc2)c2ccc(C)cc2)cc1Br. The van der Waals surface area contributed by atoms with Crippen LogP contribution in [0.3, 0.4) is 0 Å². The molecule has 1 aliphatic heterocycles. The number of aryl methyl sites for hydroxylation is 1. The molecule has 0 unspecified atom stereocenters. The number of carbonyl (C=O) groups excluding carboxylic acids is 2. The van der Waals surface area contributed by atoms with Gasteiger partial charge < -0.3 is 19.5 Å². The molecule has 11 nitrogen and oxygen atoms in total. The minimum Gasteiger partial charge on any atom is -0.496 e. The Hall–Kier alpha value is -3.94. The van der Waals surface area contributed by atoms with Gasteiger partial charge in [-0.05, 0) is 95.9 Å². The van der Waals surface area contributed by atoms with Crippen LogP contribution in [0.1, 0.15) is 24.0 Å². The van der Waals surface area contributed by atoms with Gasteiger partial charge in [0.15, 0.2) is 6.61 Å². The van der Waals surface area contributed by atoms with Crippen molar-refractivity contribution >= 4 is 49.7 Å². The minimum absolute atomic E-state index is 0.0142. The van der Waals surface area contributed by atoms with E-state index >= 15 is 0 Å². The van der Waals surface area contributed by atoms with Crippen molar-refractivity contribution < 1.29 is 32.2 Å². The summed E-state index contributed by atoms with van der Waals surface area (Å²) in [6.07, 6.45) is 3.43. The van der Waals surface area contributed by atoms with Gasteiger partial charge in [-0.15, -0.1) is 0 Å². The highest BCUT2D eigenvalue weighted by molar-refractivity contribution is 9.10. The fraction of sp³-hybridized carbons (Fsp3) is 0.300. The van der Waals surface area contributed by atoms with Crippen LogP contribution in [0.4, 0.5) is 5.69 Å². The minimum atomic E-state index is -4.12. The lowest BCUT2D eigenvalue weighted by Crippen LogP contribution is -2.39. The fourth-order valence-corrected chi connectivity index (χ4v) is 6.33. The van der Waals surface area contributed by atoms with Crippen LogP contribution in [0, 0.1) is 6.92 Å². The van der Waals surface area contributed by atoms with Crippen LogP contribution in [-0.2, 0) is 24.3 Å². The molecular weight excluding hydrogens is 640 g/mol. The first kappa shape index (κ1) is 32.0. The normalized spacial score (nSPS) is 14.8. The molecule has 3 aromatic rings. The van der Waals surface area contributed by atoms with Gasteiger partial charge in [0.25, 0.3) is 21.8 Å². The molecule has 1 atom stereocenters. The van der Waals surface area contributed by atoms with E-state index in [2.05, 4.69) is 31.8 Å². The monoisotopic (exact) mass is 672 g/mol. The summed E-state index contributed by atoms with van der Waals surface area (Å²) in [6, 6.07) is 18.0. The van der Waals surface area contributed by atoms with Crippen molar-refractivity contribution in [3.63, 3.8) is 0 Å². The summed E-state index contributed by atoms with van der Waals surface area (Å²) >= 11 is 3.32. The molecule has 1 fully saturated rings. The number of anilines is 1. The summed E-state index contributed by atoms with van der Waals surface area (Å²) in [5, 5.41) is 6.77. The second-order valence-electron chi connectivity index (χ2n) is 9.73. The Labute approximate surface area is 259 Å². The number of methoxy groups -OCH3 is 1. The third-order valence-electron chi connectivity index (χ3n) is 6.52. The first-order valence-electron chi connectivity index (χ1n) is 13.5. The van der Waals surface area contributed by atoms with Crippen molar-refractivity contribution in [2.75, 3.05) is 37.7 Å². The number of hydrazone groups is 1. The Morgan fingerprint density at radius 3 is 2.49 bits per heavy atom. The summed E-state index contributed by atoms with van der Waals surface area (Å²) in [7, 11) is -2.64. The van der Waals surface area contributed by atoms with E-state index in [4.69, 9.17) is 14.2 Å². The molecule has 228 valence electrons. The summed E-state index contributed by atoms with van der Waals surface area (Å²) in [6.45, 7) is 2.45. The lowest BCUT2D eigenvalue weighted by Gasteiger charge is -2.24. The number of amides is 2. The Bertz CT molecular complexity index is 1540.